The summed E-state index contributed by atoms with van der Waals surface area (Å²) >= 11 is 1.58. The summed E-state index contributed by atoms with van der Waals surface area (Å²) in [6, 6.07) is 0. The average molecular weight is 295 g/mol. The van der Waals surface area contributed by atoms with Crippen LogP contribution in [0.25, 0.3) is 6.08 Å². The van der Waals surface area contributed by atoms with Gasteiger partial charge in [0, 0.05) is 37.6 Å². The number of nitrogens with zero attached hydrogens (tertiary/aromatic N) is 3. The molecule has 0 bridgehead atoms. The largest absolute Gasteiger partial charge is 0.395 e. The van der Waals surface area contributed by atoms with Gasteiger partial charge in [-0.15, -0.1) is 11.3 Å². The second-order valence-electron chi connectivity index (χ2n) is 4.87. The molecule has 110 valence electrons. The number of β-amino-alcohol motifs (C(OH)–C–C–N with tert-alkyl or cyclic N) is 1. The SMILES string of the molecule is Cc1nc(C=CC(=O)N2CCCN(CCO)CC2)cs1. The van der Waals surface area contributed by atoms with Crippen molar-refractivity contribution in [3.05, 3.63) is 22.2 Å². The van der Waals surface area contributed by atoms with Crippen molar-refractivity contribution in [2.45, 2.75) is 13.3 Å². The second-order valence-corrected chi connectivity index (χ2v) is 5.93. The fourth-order valence-electron chi connectivity index (χ4n) is 2.28. The van der Waals surface area contributed by atoms with E-state index in [1.807, 2.05) is 17.2 Å². The number of hydrogen-bond acceptors (Lipinski definition) is 5. The number of thiazole rings is 1. The number of rotatable bonds is 4. The first-order chi connectivity index (χ1) is 9.69. The topological polar surface area (TPSA) is 56.7 Å². The minimum absolute atomic E-state index is 0.0431. The van der Waals surface area contributed by atoms with Crippen molar-refractivity contribution in [3.63, 3.8) is 0 Å². The van der Waals surface area contributed by atoms with Gasteiger partial charge in [-0.3, -0.25) is 9.69 Å². The molecule has 1 amide bonds. The fraction of sp³-hybridized carbons (Fsp3) is 0.571. The van der Waals surface area contributed by atoms with Crippen molar-refractivity contribution in [2.75, 3.05) is 39.3 Å². The van der Waals surface area contributed by atoms with E-state index in [-0.39, 0.29) is 12.5 Å². The molecule has 1 fully saturated rings. The van der Waals surface area contributed by atoms with Crippen LogP contribution in [0.15, 0.2) is 11.5 Å². The zero-order chi connectivity index (χ0) is 14.4. The maximum atomic E-state index is 12.1. The lowest BCUT2D eigenvalue weighted by molar-refractivity contribution is -0.125. The van der Waals surface area contributed by atoms with Gasteiger partial charge in [0.1, 0.15) is 0 Å². The third-order valence-corrected chi connectivity index (χ3v) is 4.14. The molecular formula is C14H21N3O2S. The van der Waals surface area contributed by atoms with E-state index in [9.17, 15) is 4.79 Å². The van der Waals surface area contributed by atoms with Gasteiger partial charge in [-0.1, -0.05) is 0 Å². The number of aliphatic hydroxyl groups is 1. The Labute approximate surface area is 123 Å². The van der Waals surface area contributed by atoms with Crippen LogP contribution < -0.4 is 0 Å². The van der Waals surface area contributed by atoms with Gasteiger partial charge in [0.05, 0.1) is 17.3 Å². The molecule has 20 heavy (non-hydrogen) atoms. The summed E-state index contributed by atoms with van der Waals surface area (Å²) in [7, 11) is 0. The zero-order valence-corrected chi connectivity index (χ0v) is 12.6. The predicted molar refractivity (Wildman–Crippen MR) is 80.6 cm³/mol. The Kier molecular flexibility index (Phi) is 5.70. The van der Waals surface area contributed by atoms with Crippen molar-refractivity contribution < 1.29 is 9.90 Å². The van der Waals surface area contributed by atoms with Gasteiger partial charge in [-0.05, 0) is 26.0 Å². The first kappa shape index (κ1) is 15.2. The van der Waals surface area contributed by atoms with E-state index in [1.165, 1.54) is 0 Å². The highest BCUT2D eigenvalue weighted by Gasteiger charge is 2.16. The number of aryl methyl sites for hydroxylation is 1. The molecule has 1 aliphatic rings. The van der Waals surface area contributed by atoms with Crippen LogP contribution in [0.1, 0.15) is 17.1 Å². The van der Waals surface area contributed by atoms with Crippen molar-refractivity contribution >= 4 is 23.3 Å². The maximum absolute atomic E-state index is 12.1. The molecule has 1 saturated heterocycles. The summed E-state index contributed by atoms with van der Waals surface area (Å²) in [5, 5.41) is 11.9. The van der Waals surface area contributed by atoms with Gasteiger partial charge in [-0.2, -0.15) is 0 Å². The Morgan fingerprint density at radius 2 is 2.30 bits per heavy atom. The van der Waals surface area contributed by atoms with Gasteiger partial charge in [0.2, 0.25) is 5.91 Å². The molecule has 1 aromatic heterocycles. The van der Waals surface area contributed by atoms with Crippen LogP contribution in [-0.4, -0.2) is 65.1 Å². The van der Waals surface area contributed by atoms with Gasteiger partial charge < -0.3 is 10.0 Å². The Bertz CT molecular complexity index is 473. The molecule has 0 spiro atoms. The third kappa shape index (κ3) is 4.40. The van der Waals surface area contributed by atoms with Crippen molar-refractivity contribution in [2.24, 2.45) is 0 Å². The third-order valence-electron chi connectivity index (χ3n) is 3.35. The molecule has 0 aromatic carbocycles. The molecule has 0 radical (unpaired) electrons. The summed E-state index contributed by atoms with van der Waals surface area (Å²) in [6.07, 6.45) is 4.34. The maximum Gasteiger partial charge on any atom is 0.246 e. The van der Waals surface area contributed by atoms with Crippen molar-refractivity contribution in [3.8, 4) is 0 Å². The standard InChI is InChI=1S/C14H21N3O2S/c1-12-15-13(11-20-12)3-4-14(19)17-6-2-5-16(7-8-17)9-10-18/h3-4,11,18H,2,5-10H2,1H3. The van der Waals surface area contributed by atoms with Crippen LogP contribution in [0.5, 0.6) is 0 Å². The average Bonchev–Trinajstić information content (AvgIpc) is 2.71. The molecule has 1 aromatic rings. The number of amides is 1. The Hall–Kier alpha value is -1.24. The quantitative estimate of drug-likeness (QED) is 0.842. The molecule has 1 aliphatic heterocycles. The Balaban J connectivity index is 1.87. The van der Waals surface area contributed by atoms with Gasteiger partial charge in [0.15, 0.2) is 0 Å². The molecule has 0 aliphatic carbocycles. The molecule has 6 heteroatoms. The molecule has 0 saturated carbocycles. The van der Waals surface area contributed by atoms with E-state index >= 15 is 0 Å². The molecule has 0 atom stereocenters. The highest BCUT2D eigenvalue weighted by molar-refractivity contribution is 7.09. The summed E-state index contributed by atoms with van der Waals surface area (Å²) < 4.78 is 0. The van der Waals surface area contributed by atoms with Crippen molar-refractivity contribution in [1.82, 2.24) is 14.8 Å². The second kappa shape index (κ2) is 7.52. The molecule has 5 nitrogen and oxygen atoms in total. The number of aliphatic hydroxyl groups excluding tert-OH is 1. The van der Waals surface area contributed by atoms with E-state index in [0.717, 1.165) is 43.3 Å². The first-order valence-electron chi connectivity index (χ1n) is 6.91. The minimum Gasteiger partial charge on any atom is -0.395 e. The highest BCUT2D eigenvalue weighted by Crippen LogP contribution is 2.10. The smallest absolute Gasteiger partial charge is 0.246 e. The number of aromatic nitrogens is 1. The first-order valence-corrected chi connectivity index (χ1v) is 7.79. The zero-order valence-electron chi connectivity index (χ0n) is 11.8. The molecule has 1 N–H and O–H groups in total. The van der Waals surface area contributed by atoms with Gasteiger partial charge in [0.25, 0.3) is 0 Å². The van der Waals surface area contributed by atoms with E-state index < -0.39 is 0 Å². The van der Waals surface area contributed by atoms with Crippen LogP contribution in [0.2, 0.25) is 0 Å². The number of carbonyl (C=O) groups is 1. The summed E-state index contributed by atoms with van der Waals surface area (Å²) in [6.45, 7) is 6.09. The molecular weight excluding hydrogens is 274 g/mol. The number of carbonyl (C=O) groups excluding carboxylic acids is 1. The number of hydrogen-bond donors (Lipinski definition) is 1. The normalized spacial score (nSPS) is 17.6. The van der Waals surface area contributed by atoms with Gasteiger partial charge in [-0.25, -0.2) is 4.98 Å². The van der Waals surface area contributed by atoms with E-state index in [4.69, 9.17) is 5.11 Å². The minimum atomic E-state index is 0.0431. The Morgan fingerprint density at radius 3 is 3.00 bits per heavy atom. The lowest BCUT2D eigenvalue weighted by atomic mass is 10.3. The molecule has 2 heterocycles. The van der Waals surface area contributed by atoms with Crippen LogP contribution in [0.4, 0.5) is 0 Å². The molecule has 2 rings (SSSR count). The monoisotopic (exact) mass is 295 g/mol. The van der Waals surface area contributed by atoms with Crippen LogP contribution in [0.3, 0.4) is 0 Å². The van der Waals surface area contributed by atoms with E-state index in [2.05, 4.69) is 9.88 Å². The van der Waals surface area contributed by atoms with Crippen molar-refractivity contribution in [1.29, 1.82) is 0 Å². The lowest BCUT2D eigenvalue weighted by Crippen LogP contribution is -2.35. The van der Waals surface area contributed by atoms with Gasteiger partial charge >= 0.3 is 0 Å². The highest BCUT2D eigenvalue weighted by atomic mass is 32.1. The molecule has 0 unspecified atom stereocenters. The van der Waals surface area contributed by atoms with E-state index in [0.29, 0.717) is 6.54 Å². The predicted octanol–water partition coefficient (Wildman–Crippen LogP) is 0.991. The summed E-state index contributed by atoms with van der Waals surface area (Å²) in [5.74, 6) is 0.0431. The van der Waals surface area contributed by atoms with Crippen LogP contribution >= 0.6 is 11.3 Å². The van der Waals surface area contributed by atoms with Crippen LogP contribution in [0, 0.1) is 6.92 Å². The fourth-order valence-corrected chi connectivity index (χ4v) is 2.86. The van der Waals surface area contributed by atoms with Crippen LogP contribution in [-0.2, 0) is 4.79 Å². The summed E-state index contributed by atoms with van der Waals surface area (Å²) in [4.78, 5) is 20.5. The summed E-state index contributed by atoms with van der Waals surface area (Å²) in [5.41, 5.74) is 0.845. The lowest BCUT2D eigenvalue weighted by Gasteiger charge is -2.20. The Morgan fingerprint density at radius 1 is 1.45 bits per heavy atom. The van der Waals surface area contributed by atoms with E-state index in [1.54, 1.807) is 23.5 Å².